The van der Waals surface area contributed by atoms with Crippen molar-refractivity contribution in [2.45, 2.75) is 90.9 Å². The number of unbranched alkanes of at least 4 members (excludes halogenated alkanes) is 1. The lowest BCUT2D eigenvalue weighted by atomic mass is 9.75. The maximum atomic E-state index is 5.60. The first-order valence-corrected chi connectivity index (χ1v) is 10.6. The van der Waals surface area contributed by atoms with Crippen LogP contribution >= 0.6 is 0 Å². The molecule has 0 heterocycles. The largest absolute Gasteiger partial charge is 0.381 e. The Morgan fingerprint density at radius 3 is 1.91 bits per heavy atom. The molecule has 2 rings (SSSR count). The summed E-state index contributed by atoms with van der Waals surface area (Å²) in [6.07, 6.45) is 22.1. The summed E-state index contributed by atoms with van der Waals surface area (Å²) in [7, 11) is 0. The lowest BCUT2D eigenvalue weighted by molar-refractivity contribution is 0.0844. The molecule has 0 spiro atoms. The number of ether oxygens (including phenoxy) is 1. The van der Waals surface area contributed by atoms with Crippen LogP contribution in [0.4, 0.5) is 0 Å². The highest BCUT2D eigenvalue weighted by Gasteiger charge is 2.24. The van der Waals surface area contributed by atoms with Crippen molar-refractivity contribution in [3.63, 3.8) is 0 Å². The van der Waals surface area contributed by atoms with E-state index in [1.165, 1.54) is 77.0 Å². The zero-order chi connectivity index (χ0) is 16.3. The smallest absolute Gasteiger partial charge is 0.0494 e. The second kappa shape index (κ2) is 11.3. The third kappa shape index (κ3) is 7.42. The maximum Gasteiger partial charge on any atom is 0.0494 e. The number of rotatable bonds is 9. The summed E-state index contributed by atoms with van der Waals surface area (Å²) in [4.78, 5) is 0. The van der Waals surface area contributed by atoms with Gasteiger partial charge < -0.3 is 4.74 Å². The molecule has 23 heavy (non-hydrogen) atoms. The number of hydrogen-bond donors (Lipinski definition) is 0. The van der Waals surface area contributed by atoms with Crippen molar-refractivity contribution in [3.8, 4) is 0 Å². The Hall–Kier alpha value is -0.300. The van der Waals surface area contributed by atoms with Crippen LogP contribution in [0.15, 0.2) is 12.2 Å². The van der Waals surface area contributed by atoms with Crippen LogP contribution in [0.25, 0.3) is 0 Å². The lowest BCUT2D eigenvalue weighted by Crippen LogP contribution is -2.20. The minimum atomic E-state index is 0.858. The van der Waals surface area contributed by atoms with Crippen LogP contribution in [-0.2, 0) is 4.74 Å². The van der Waals surface area contributed by atoms with Crippen LogP contribution in [0.2, 0.25) is 0 Å². The molecule has 2 fully saturated rings. The van der Waals surface area contributed by atoms with Gasteiger partial charge in [0.2, 0.25) is 0 Å². The molecule has 0 N–H and O–H groups in total. The summed E-state index contributed by atoms with van der Waals surface area (Å²) < 4.78 is 5.60. The Bertz CT molecular complexity index is 306. The van der Waals surface area contributed by atoms with Crippen LogP contribution in [0.1, 0.15) is 90.9 Å². The molecule has 1 heteroatoms. The highest BCUT2D eigenvalue weighted by Crippen LogP contribution is 2.36. The molecule has 0 aromatic heterocycles. The zero-order valence-electron chi connectivity index (χ0n) is 15.8. The summed E-state index contributed by atoms with van der Waals surface area (Å²) in [5, 5.41) is 0. The molecule has 1 nitrogen and oxygen atoms in total. The van der Waals surface area contributed by atoms with Crippen LogP contribution in [0.3, 0.4) is 0 Å². The van der Waals surface area contributed by atoms with Gasteiger partial charge in [0.05, 0.1) is 0 Å². The Kier molecular flexibility index (Phi) is 9.34. The SMILES string of the molecule is CCC/C=C/[C@H]1CC[C@H](CC[C@H]2CC[C@H](COCC)CC2)CC1. The monoisotopic (exact) mass is 320 g/mol. The van der Waals surface area contributed by atoms with E-state index in [2.05, 4.69) is 26.0 Å². The molecular weight excluding hydrogens is 280 g/mol. The first kappa shape index (κ1) is 19.0. The van der Waals surface area contributed by atoms with E-state index in [0.717, 1.165) is 36.9 Å². The van der Waals surface area contributed by atoms with E-state index >= 15 is 0 Å². The van der Waals surface area contributed by atoms with E-state index in [0.29, 0.717) is 0 Å². The summed E-state index contributed by atoms with van der Waals surface area (Å²) in [5.74, 6) is 3.81. The van der Waals surface area contributed by atoms with E-state index in [-0.39, 0.29) is 0 Å². The van der Waals surface area contributed by atoms with Gasteiger partial charge in [-0.3, -0.25) is 0 Å². The lowest BCUT2D eigenvalue weighted by Gasteiger charge is -2.31. The van der Waals surface area contributed by atoms with Gasteiger partial charge in [0, 0.05) is 13.2 Å². The van der Waals surface area contributed by atoms with Crippen molar-refractivity contribution < 1.29 is 4.74 Å². The van der Waals surface area contributed by atoms with Crippen LogP contribution in [0.5, 0.6) is 0 Å². The standard InChI is InChI=1S/C22H40O/c1-3-5-6-7-19-8-10-20(11-9-19)12-13-21-14-16-22(17-15-21)18-23-4-2/h6-7,19-22H,3-5,8-18H2,1-2H3/b7-6+/t19-,20-,21-,22-. The topological polar surface area (TPSA) is 9.23 Å². The molecule has 0 unspecified atom stereocenters. The fourth-order valence-corrected chi connectivity index (χ4v) is 4.57. The minimum Gasteiger partial charge on any atom is -0.381 e. The second-order valence-corrected chi connectivity index (χ2v) is 8.12. The van der Waals surface area contributed by atoms with E-state index < -0.39 is 0 Å². The molecule has 0 saturated heterocycles. The van der Waals surface area contributed by atoms with Crippen molar-refractivity contribution in [1.82, 2.24) is 0 Å². The van der Waals surface area contributed by atoms with E-state index in [1.807, 2.05) is 0 Å². The minimum absolute atomic E-state index is 0.858. The van der Waals surface area contributed by atoms with Crippen LogP contribution in [0, 0.1) is 23.7 Å². The molecule has 0 radical (unpaired) electrons. The predicted octanol–water partition coefficient (Wildman–Crippen LogP) is 6.77. The van der Waals surface area contributed by atoms with Gasteiger partial charge in [-0.15, -0.1) is 0 Å². The van der Waals surface area contributed by atoms with Gasteiger partial charge in [-0.05, 0) is 75.5 Å². The highest BCUT2D eigenvalue weighted by molar-refractivity contribution is 4.91. The zero-order valence-corrected chi connectivity index (χ0v) is 15.8. The van der Waals surface area contributed by atoms with Gasteiger partial charge in [0.1, 0.15) is 0 Å². The average molecular weight is 321 g/mol. The molecule has 0 aliphatic heterocycles. The Morgan fingerprint density at radius 1 is 0.783 bits per heavy atom. The van der Waals surface area contributed by atoms with Crippen molar-refractivity contribution in [2.24, 2.45) is 23.7 Å². The van der Waals surface area contributed by atoms with Crippen LogP contribution < -0.4 is 0 Å². The third-order valence-electron chi connectivity index (χ3n) is 6.26. The molecule has 0 amide bonds. The Morgan fingerprint density at radius 2 is 1.35 bits per heavy atom. The van der Waals surface area contributed by atoms with Gasteiger partial charge in [0.25, 0.3) is 0 Å². The summed E-state index contributed by atoms with van der Waals surface area (Å²) in [5.41, 5.74) is 0. The van der Waals surface area contributed by atoms with E-state index in [1.54, 1.807) is 0 Å². The highest BCUT2D eigenvalue weighted by atomic mass is 16.5. The molecule has 134 valence electrons. The quantitative estimate of drug-likeness (QED) is 0.426. The van der Waals surface area contributed by atoms with Crippen molar-refractivity contribution >= 4 is 0 Å². The molecular formula is C22H40O. The second-order valence-electron chi connectivity index (χ2n) is 8.12. The van der Waals surface area contributed by atoms with E-state index in [4.69, 9.17) is 4.74 Å². The predicted molar refractivity (Wildman–Crippen MR) is 101 cm³/mol. The maximum absolute atomic E-state index is 5.60. The molecule has 2 aliphatic carbocycles. The summed E-state index contributed by atoms with van der Waals surface area (Å²) in [6, 6.07) is 0. The van der Waals surface area contributed by atoms with Gasteiger partial charge in [0.15, 0.2) is 0 Å². The molecule has 0 atom stereocenters. The fourth-order valence-electron chi connectivity index (χ4n) is 4.57. The van der Waals surface area contributed by atoms with Crippen molar-refractivity contribution in [2.75, 3.05) is 13.2 Å². The molecule has 0 aromatic carbocycles. The molecule has 2 aliphatic rings. The van der Waals surface area contributed by atoms with Gasteiger partial charge in [-0.1, -0.05) is 51.2 Å². The first-order valence-electron chi connectivity index (χ1n) is 10.6. The van der Waals surface area contributed by atoms with Crippen LogP contribution in [-0.4, -0.2) is 13.2 Å². The average Bonchev–Trinajstić information content (AvgIpc) is 2.60. The van der Waals surface area contributed by atoms with Gasteiger partial charge in [-0.2, -0.15) is 0 Å². The van der Waals surface area contributed by atoms with E-state index in [9.17, 15) is 0 Å². The summed E-state index contributed by atoms with van der Waals surface area (Å²) >= 11 is 0. The Balaban J connectivity index is 1.54. The molecule has 0 bridgehead atoms. The first-order chi connectivity index (χ1) is 11.3. The van der Waals surface area contributed by atoms with Gasteiger partial charge >= 0.3 is 0 Å². The van der Waals surface area contributed by atoms with Crippen molar-refractivity contribution in [3.05, 3.63) is 12.2 Å². The number of allylic oxidation sites excluding steroid dienone is 2. The Labute approximate surface area is 145 Å². The molecule has 0 aromatic rings. The van der Waals surface area contributed by atoms with Gasteiger partial charge in [-0.25, -0.2) is 0 Å². The third-order valence-corrected chi connectivity index (χ3v) is 6.26. The fraction of sp³-hybridized carbons (Fsp3) is 0.909. The normalized spacial score (nSPS) is 32.4. The summed E-state index contributed by atoms with van der Waals surface area (Å²) in [6.45, 7) is 6.28. The number of hydrogen-bond acceptors (Lipinski definition) is 1. The molecule has 2 saturated carbocycles. The van der Waals surface area contributed by atoms with Crippen molar-refractivity contribution in [1.29, 1.82) is 0 Å².